The van der Waals surface area contributed by atoms with E-state index in [1.54, 1.807) is 31.4 Å². The zero-order chi connectivity index (χ0) is 15.8. The van der Waals surface area contributed by atoms with E-state index in [1.165, 1.54) is 0 Å². The zero-order valence-electron chi connectivity index (χ0n) is 12.4. The number of ether oxygens (including phenoxy) is 2. The number of carbonyl (C=O) groups is 1. The maximum atomic E-state index is 11.6. The molecular weight excluding hydrogens is 282 g/mol. The Morgan fingerprint density at radius 3 is 2.55 bits per heavy atom. The standard InChI is InChI=1S/C17H19NO4/c1-21-16-10-6-5-7-13(16)11-14(19)12-18-17(20)22-15-8-3-2-4-9-15/h2-10,14,19H,11-12H2,1H3,(H,18,20)/t14-/m0/s1. The van der Waals surface area contributed by atoms with E-state index in [0.29, 0.717) is 17.9 Å². The molecule has 0 saturated carbocycles. The van der Waals surface area contributed by atoms with Crippen molar-refractivity contribution in [1.29, 1.82) is 0 Å². The SMILES string of the molecule is COc1ccccc1C[C@H](O)CNC(=O)Oc1ccccc1. The molecule has 5 nitrogen and oxygen atoms in total. The van der Waals surface area contributed by atoms with Crippen molar-refractivity contribution >= 4 is 6.09 Å². The summed E-state index contributed by atoms with van der Waals surface area (Å²) >= 11 is 0. The van der Waals surface area contributed by atoms with E-state index in [9.17, 15) is 9.90 Å². The van der Waals surface area contributed by atoms with Gasteiger partial charge in [-0.3, -0.25) is 0 Å². The van der Waals surface area contributed by atoms with Crippen LogP contribution in [0.5, 0.6) is 11.5 Å². The summed E-state index contributed by atoms with van der Waals surface area (Å²) in [6.07, 6.45) is -0.930. The van der Waals surface area contributed by atoms with Gasteiger partial charge in [-0.05, 0) is 23.8 Å². The highest BCUT2D eigenvalue weighted by atomic mass is 16.6. The highest BCUT2D eigenvalue weighted by Gasteiger charge is 2.11. The van der Waals surface area contributed by atoms with Crippen molar-refractivity contribution in [1.82, 2.24) is 5.32 Å². The van der Waals surface area contributed by atoms with Gasteiger partial charge in [0.15, 0.2) is 0 Å². The van der Waals surface area contributed by atoms with Crippen LogP contribution in [0.4, 0.5) is 4.79 Å². The molecule has 1 amide bonds. The molecule has 2 rings (SSSR count). The quantitative estimate of drug-likeness (QED) is 0.859. The molecular formula is C17H19NO4. The number of hydrogen-bond acceptors (Lipinski definition) is 4. The number of nitrogens with one attached hydrogen (secondary N) is 1. The van der Waals surface area contributed by atoms with E-state index < -0.39 is 12.2 Å². The van der Waals surface area contributed by atoms with Crippen molar-refractivity contribution in [2.45, 2.75) is 12.5 Å². The van der Waals surface area contributed by atoms with E-state index in [2.05, 4.69) is 5.32 Å². The van der Waals surface area contributed by atoms with Crippen LogP contribution in [0.2, 0.25) is 0 Å². The van der Waals surface area contributed by atoms with Crippen molar-refractivity contribution in [2.24, 2.45) is 0 Å². The van der Waals surface area contributed by atoms with Crippen LogP contribution in [0.1, 0.15) is 5.56 Å². The zero-order valence-corrected chi connectivity index (χ0v) is 12.4. The maximum Gasteiger partial charge on any atom is 0.412 e. The first-order chi connectivity index (χ1) is 10.7. The minimum Gasteiger partial charge on any atom is -0.496 e. The van der Waals surface area contributed by atoms with Crippen LogP contribution in [0.25, 0.3) is 0 Å². The number of amides is 1. The van der Waals surface area contributed by atoms with Crippen LogP contribution >= 0.6 is 0 Å². The molecule has 0 bridgehead atoms. The Hall–Kier alpha value is -2.53. The summed E-state index contributed by atoms with van der Waals surface area (Å²) in [6.45, 7) is 0.101. The molecule has 0 aliphatic rings. The molecule has 0 radical (unpaired) electrons. The van der Waals surface area contributed by atoms with E-state index in [-0.39, 0.29) is 6.54 Å². The minimum absolute atomic E-state index is 0.101. The van der Waals surface area contributed by atoms with Gasteiger partial charge in [0.25, 0.3) is 0 Å². The van der Waals surface area contributed by atoms with Gasteiger partial charge in [0.05, 0.1) is 13.2 Å². The van der Waals surface area contributed by atoms with E-state index in [1.807, 2.05) is 30.3 Å². The third-order valence-corrected chi connectivity index (χ3v) is 3.08. The Balaban J connectivity index is 1.80. The predicted octanol–water partition coefficient (Wildman–Crippen LogP) is 2.39. The normalized spacial score (nSPS) is 11.5. The summed E-state index contributed by atoms with van der Waals surface area (Å²) in [5.41, 5.74) is 0.885. The first kappa shape index (κ1) is 15.9. The second-order valence-corrected chi connectivity index (χ2v) is 4.75. The molecule has 0 aliphatic heterocycles. The van der Waals surface area contributed by atoms with Crippen LogP contribution in [-0.2, 0) is 6.42 Å². The number of aliphatic hydroxyl groups is 1. The van der Waals surface area contributed by atoms with E-state index in [0.717, 1.165) is 5.56 Å². The highest BCUT2D eigenvalue weighted by Crippen LogP contribution is 2.18. The molecule has 2 N–H and O–H groups in total. The van der Waals surface area contributed by atoms with Gasteiger partial charge >= 0.3 is 6.09 Å². The summed E-state index contributed by atoms with van der Waals surface area (Å²) in [6, 6.07) is 16.2. The molecule has 0 spiro atoms. The van der Waals surface area contributed by atoms with Gasteiger partial charge in [0, 0.05) is 13.0 Å². The summed E-state index contributed by atoms with van der Waals surface area (Å²) in [4.78, 5) is 11.6. The van der Waals surface area contributed by atoms with Crippen LogP contribution in [0.15, 0.2) is 54.6 Å². The molecule has 0 aromatic heterocycles. The van der Waals surface area contributed by atoms with Crippen LogP contribution in [0.3, 0.4) is 0 Å². The Labute approximate surface area is 129 Å². The van der Waals surface area contributed by atoms with Crippen LogP contribution in [0, 0.1) is 0 Å². The molecule has 0 unspecified atom stereocenters. The van der Waals surface area contributed by atoms with Crippen molar-refractivity contribution in [2.75, 3.05) is 13.7 Å². The monoisotopic (exact) mass is 301 g/mol. The number of carbonyl (C=O) groups excluding carboxylic acids is 1. The average Bonchev–Trinajstić information content (AvgIpc) is 2.54. The molecule has 2 aromatic carbocycles. The molecule has 1 atom stereocenters. The fourth-order valence-electron chi connectivity index (χ4n) is 2.03. The minimum atomic E-state index is -0.723. The lowest BCUT2D eigenvalue weighted by Gasteiger charge is -2.14. The lowest BCUT2D eigenvalue weighted by atomic mass is 10.1. The molecule has 0 heterocycles. The van der Waals surface area contributed by atoms with E-state index >= 15 is 0 Å². The van der Waals surface area contributed by atoms with Gasteiger partial charge in [-0.1, -0.05) is 36.4 Å². The molecule has 22 heavy (non-hydrogen) atoms. The Morgan fingerprint density at radius 2 is 1.82 bits per heavy atom. The number of aliphatic hydroxyl groups excluding tert-OH is 1. The van der Waals surface area contributed by atoms with Gasteiger partial charge in [-0.2, -0.15) is 0 Å². The first-order valence-electron chi connectivity index (χ1n) is 6.99. The third kappa shape index (κ3) is 4.79. The molecule has 0 saturated heterocycles. The number of rotatable bonds is 6. The number of methoxy groups -OCH3 is 1. The highest BCUT2D eigenvalue weighted by molar-refractivity contribution is 5.70. The molecule has 5 heteroatoms. The fraction of sp³-hybridized carbons (Fsp3) is 0.235. The van der Waals surface area contributed by atoms with Gasteiger partial charge in [-0.25, -0.2) is 4.79 Å². The summed E-state index contributed by atoms with van der Waals surface area (Å²) in [5, 5.41) is 12.5. The third-order valence-electron chi connectivity index (χ3n) is 3.08. The largest absolute Gasteiger partial charge is 0.496 e. The van der Waals surface area contributed by atoms with Gasteiger partial charge in [0.2, 0.25) is 0 Å². The number of para-hydroxylation sites is 2. The van der Waals surface area contributed by atoms with Gasteiger partial charge < -0.3 is 19.9 Å². The van der Waals surface area contributed by atoms with Crippen molar-refractivity contribution in [3.63, 3.8) is 0 Å². The molecule has 2 aromatic rings. The number of hydrogen-bond donors (Lipinski definition) is 2. The predicted molar refractivity (Wildman–Crippen MR) is 83.2 cm³/mol. The smallest absolute Gasteiger partial charge is 0.412 e. The first-order valence-corrected chi connectivity index (χ1v) is 6.99. The van der Waals surface area contributed by atoms with Crippen LogP contribution in [-0.4, -0.2) is 31.0 Å². The second kappa shape index (κ2) is 8.05. The molecule has 0 aliphatic carbocycles. The lowest BCUT2D eigenvalue weighted by Crippen LogP contribution is -2.35. The maximum absolute atomic E-state index is 11.6. The average molecular weight is 301 g/mol. The summed E-state index contributed by atoms with van der Waals surface area (Å²) in [7, 11) is 1.58. The van der Waals surface area contributed by atoms with Crippen molar-refractivity contribution in [3.05, 3.63) is 60.2 Å². The fourth-order valence-corrected chi connectivity index (χ4v) is 2.03. The Kier molecular flexibility index (Phi) is 5.80. The topological polar surface area (TPSA) is 67.8 Å². The van der Waals surface area contributed by atoms with Crippen molar-refractivity contribution in [3.8, 4) is 11.5 Å². The van der Waals surface area contributed by atoms with Crippen LogP contribution < -0.4 is 14.8 Å². The lowest BCUT2D eigenvalue weighted by molar-refractivity contribution is 0.159. The molecule has 0 fully saturated rings. The van der Waals surface area contributed by atoms with E-state index in [4.69, 9.17) is 9.47 Å². The number of benzene rings is 2. The Bertz CT molecular complexity index is 601. The Morgan fingerprint density at radius 1 is 1.14 bits per heavy atom. The summed E-state index contributed by atoms with van der Waals surface area (Å²) in [5.74, 6) is 1.17. The summed E-state index contributed by atoms with van der Waals surface area (Å²) < 4.78 is 10.3. The van der Waals surface area contributed by atoms with Crippen molar-refractivity contribution < 1.29 is 19.4 Å². The second-order valence-electron chi connectivity index (χ2n) is 4.75. The molecule has 116 valence electrons. The van der Waals surface area contributed by atoms with Gasteiger partial charge in [-0.15, -0.1) is 0 Å². The van der Waals surface area contributed by atoms with Gasteiger partial charge in [0.1, 0.15) is 11.5 Å².